The van der Waals surface area contributed by atoms with Gasteiger partial charge < -0.3 is 5.32 Å². The Morgan fingerprint density at radius 1 is 1.04 bits per heavy atom. The van der Waals surface area contributed by atoms with Crippen molar-refractivity contribution in [3.63, 3.8) is 0 Å². The minimum Gasteiger partial charge on any atom is -0.349 e. The summed E-state index contributed by atoms with van der Waals surface area (Å²) >= 11 is 0. The van der Waals surface area contributed by atoms with E-state index in [1.54, 1.807) is 6.07 Å². The number of rotatable bonds is 4. The van der Waals surface area contributed by atoms with Crippen LogP contribution in [-0.4, -0.2) is 10.9 Å². The van der Waals surface area contributed by atoms with Crippen LogP contribution in [0.1, 0.15) is 24.2 Å². The predicted octanol–water partition coefficient (Wildman–Crippen LogP) is 3.93. The van der Waals surface area contributed by atoms with Crippen molar-refractivity contribution >= 4 is 16.8 Å². The molecule has 1 N–H and O–H groups in total. The maximum atomic E-state index is 14.1. The number of nitrogens with one attached hydrogen (secondary N) is 1. The van der Waals surface area contributed by atoms with Crippen LogP contribution in [0.2, 0.25) is 0 Å². The fourth-order valence-corrected chi connectivity index (χ4v) is 2.75. The first-order chi connectivity index (χ1) is 11.5. The van der Waals surface area contributed by atoms with Gasteiger partial charge in [-0.25, -0.2) is 8.78 Å². The maximum absolute atomic E-state index is 14.1. The molecular formula is C19H16F2N2O. The number of halogens is 2. The van der Waals surface area contributed by atoms with Crippen LogP contribution in [0.15, 0.2) is 54.6 Å². The molecule has 0 spiro atoms. The van der Waals surface area contributed by atoms with E-state index in [-0.39, 0.29) is 17.9 Å². The minimum absolute atomic E-state index is 0.150. The fraction of sp³-hybridized carbons (Fsp3) is 0.158. The smallest absolute Gasteiger partial charge is 0.217 e. The number of amides is 1. The molecule has 0 saturated heterocycles. The molecule has 2 aromatic carbocycles. The molecule has 3 aromatic rings. The van der Waals surface area contributed by atoms with Gasteiger partial charge in [0, 0.05) is 30.0 Å². The standard InChI is InChI=1S/C19H16F2N2O/c1-12(24)22-18(19-15(20)6-4-7-16(19)21)11-14-10-9-13-5-2-3-8-17(13)23-14/h2-10,18H,11H2,1H3,(H,22,24). The number of hydrogen-bond acceptors (Lipinski definition) is 2. The van der Waals surface area contributed by atoms with Gasteiger partial charge in [-0.2, -0.15) is 0 Å². The van der Waals surface area contributed by atoms with Crippen molar-refractivity contribution in [3.05, 3.63) is 77.5 Å². The summed E-state index contributed by atoms with van der Waals surface area (Å²) in [4.78, 5) is 16.0. The number of pyridine rings is 1. The van der Waals surface area contributed by atoms with Gasteiger partial charge in [0.25, 0.3) is 0 Å². The van der Waals surface area contributed by atoms with Gasteiger partial charge in [0.15, 0.2) is 0 Å². The molecule has 1 aromatic heterocycles. The third-order valence-electron chi connectivity index (χ3n) is 3.80. The van der Waals surface area contributed by atoms with Crippen molar-refractivity contribution in [1.29, 1.82) is 0 Å². The highest BCUT2D eigenvalue weighted by molar-refractivity contribution is 5.78. The predicted molar refractivity (Wildman–Crippen MR) is 88.4 cm³/mol. The summed E-state index contributed by atoms with van der Waals surface area (Å²) in [6.07, 6.45) is 0.197. The van der Waals surface area contributed by atoms with Gasteiger partial charge in [-0.1, -0.05) is 30.3 Å². The van der Waals surface area contributed by atoms with Crippen LogP contribution < -0.4 is 5.32 Å². The second kappa shape index (κ2) is 6.74. The molecular weight excluding hydrogens is 310 g/mol. The van der Waals surface area contributed by atoms with Crippen molar-refractivity contribution in [2.75, 3.05) is 0 Å². The molecule has 5 heteroatoms. The average molecular weight is 326 g/mol. The molecule has 0 fully saturated rings. The lowest BCUT2D eigenvalue weighted by Gasteiger charge is -2.19. The molecule has 3 rings (SSSR count). The van der Waals surface area contributed by atoms with Crippen LogP contribution in [0.25, 0.3) is 10.9 Å². The van der Waals surface area contributed by atoms with Crippen LogP contribution >= 0.6 is 0 Å². The van der Waals surface area contributed by atoms with E-state index in [0.29, 0.717) is 5.69 Å². The summed E-state index contributed by atoms with van der Waals surface area (Å²) in [5, 5.41) is 3.60. The van der Waals surface area contributed by atoms with E-state index in [2.05, 4.69) is 10.3 Å². The van der Waals surface area contributed by atoms with Gasteiger partial charge in [0.2, 0.25) is 5.91 Å². The van der Waals surface area contributed by atoms with E-state index in [1.807, 2.05) is 30.3 Å². The van der Waals surface area contributed by atoms with Gasteiger partial charge in [0.1, 0.15) is 11.6 Å². The SMILES string of the molecule is CC(=O)NC(Cc1ccc2ccccc2n1)c1c(F)cccc1F. The Bertz CT molecular complexity index is 875. The van der Waals surface area contributed by atoms with Crippen LogP contribution in [0, 0.1) is 11.6 Å². The number of nitrogens with zero attached hydrogens (tertiary/aromatic N) is 1. The second-order valence-corrected chi connectivity index (χ2v) is 5.59. The Kier molecular flexibility index (Phi) is 4.51. The Morgan fingerprint density at radius 3 is 2.46 bits per heavy atom. The van der Waals surface area contributed by atoms with E-state index in [9.17, 15) is 13.6 Å². The second-order valence-electron chi connectivity index (χ2n) is 5.59. The first-order valence-corrected chi connectivity index (χ1v) is 7.60. The Labute approximate surface area is 138 Å². The van der Waals surface area contributed by atoms with Crippen molar-refractivity contribution in [1.82, 2.24) is 10.3 Å². The summed E-state index contributed by atoms with van der Waals surface area (Å²) in [7, 11) is 0. The molecule has 122 valence electrons. The highest BCUT2D eigenvalue weighted by Crippen LogP contribution is 2.24. The molecule has 0 saturated carbocycles. The number of hydrogen-bond donors (Lipinski definition) is 1. The quantitative estimate of drug-likeness (QED) is 0.789. The highest BCUT2D eigenvalue weighted by atomic mass is 19.1. The molecule has 0 aliphatic carbocycles. The van der Waals surface area contributed by atoms with Crippen molar-refractivity contribution < 1.29 is 13.6 Å². The molecule has 24 heavy (non-hydrogen) atoms. The maximum Gasteiger partial charge on any atom is 0.217 e. The van der Waals surface area contributed by atoms with Crippen LogP contribution in [0.3, 0.4) is 0 Å². The van der Waals surface area contributed by atoms with Crippen molar-refractivity contribution in [2.24, 2.45) is 0 Å². The third-order valence-corrected chi connectivity index (χ3v) is 3.80. The molecule has 0 radical (unpaired) electrons. The largest absolute Gasteiger partial charge is 0.349 e. The van der Waals surface area contributed by atoms with Gasteiger partial charge in [-0.3, -0.25) is 9.78 Å². The van der Waals surface area contributed by atoms with Gasteiger partial charge >= 0.3 is 0 Å². The van der Waals surface area contributed by atoms with E-state index in [4.69, 9.17) is 0 Å². The topological polar surface area (TPSA) is 42.0 Å². The number of fused-ring (bicyclic) bond motifs is 1. The number of carbonyl (C=O) groups is 1. The lowest BCUT2D eigenvalue weighted by atomic mass is 9.99. The summed E-state index contributed by atoms with van der Waals surface area (Å²) in [5.41, 5.74) is 1.29. The summed E-state index contributed by atoms with van der Waals surface area (Å²) in [6.45, 7) is 1.32. The number of carbonyl (C=O) groups excluding carboxylic acids is 1. The Balaban J connectivity index is 1.98. The summed E-state index contributed by atoms with van der Waals surface area (Å²) < 4.78 is 28.2. The zero-order chi connectivity index (χ0) is 17.1. The van der Waals surface area contributed by atoms with E-state index >= 15 is 0 Å². The average Bonchev–Trinajstić information content (AvgIpc) is 2.54. The van der Waals surface area contributed by atoms with Crippen LogP contribution in [0.5, 0.6) is 0 Å². The monoisotopic (exact) mass is 326 g/mol. The first-order valence-electron chi connectivity index (χ1n) is 7.60. The molecule has 0 aliphatic rings. The third kappa shape index (κ3) is 3.40. The van der Waals surface area contributed by atoms with Crippen LogP contribution in [0.4, 0.5) is 8.78 Å². The Morgan fingerprint density at radius 2 is 1.75 bits per heavy atom. The van der Waals surface area contributed by atoms with Crippen molar-refractivity contribution in [3.8, 4) is 0 Å². The van der Waals surface area contributed by atoms with Gasteiger partial charge in [-0.15, -0.1) is 0 Å². The van der Waals surface area contributed by atoms with Gasteiger partial charge in [0.05, 0.1) is 11.6 Å². The number of aromatic nitrogens is 1. The zero-order valence-electron chi connectivity index (χ0n) is 13.1. The first kappa shape index (κ1) is 16.1. The fourth-order valence-electron chi connectivity index (χ4n) is 2.75. The van der Waals surface area contributed by atoms with E-state index in [1.165, 1.54) is 25.1 Å². The molecule has 1 amide bonds. The zero-order valence-corrected chi connectivity index (χ0v) is 13.1. The van der Waals surface area contributed by atoms with E-state index < -0.39 is 17.7 Å². The minimum atomic E-state index is -0.822. The number of benzene rings is 2. The van der Waals surface area contributed by atoms with E-state index in [0.717, 1.165) is 10.9 Å². The molecule has 1 unspecified atom stereocenters. The molecule has 0 bridgehead atoms. The molecule has 1 heterocycles. The molecule has 3 nitrogen and oxygen atoms in total. The lowest BCUT2D eigenvalue weighted by Crippen LogP contribution is -2.29. The lowest BCUT2D eigenvalue weighted by molar-refractivity contribution is -0.119. The number of para-hydroxylation sites is 1. The van der Waals surface area contributed by atoms with Gasteiger partial charge in [-0.05, 0) is 24.3 Å². The van der Waals surface area contributed by atoms with Crippen molar-refractivity contribution in [2.45, 2.75) is 19.4 Å². The van der Waals surface area contributed by atoms with Crippen LogP contribution in [-0.2, 0) is 11.2 Å². The highest BCUT2D eigenvalue weighted by Gasteiger charge is 2.22. The Hall–Kier alpha value is -2.82. The molecule has 1 atom stereocenters. The normalized spacial score (nSPS) is 12.1. The summed E-state index contributed by atoms with van der Waals surface area (Å²) in [6, 6.07) is 14.1. The molecule has 0 aliphatic heterocycles. The summed E-state index contributed by atoms with van der Waals surface area (Å²) in [5.74, 6) is -1.73.